The molecule has 0 aromatic carbocycles. The van der Waals surface area contributed by atoms with Crippen molar-refractivity contribution in [3.05, 3.63) is 11.6 Å². The summed E-state index contributed by atoms with van der Waals surface area (Å²) in [6.07, 6.45) is 3.87. The molecule has 1 aliphatic rings. The standard InChI is InChI=1S/C21H37N3O4/c1-8-28-21(27)16(5)12-17(14(2)3)24(7)18(25)13-22-20(26)19-15(4)10-9-11-23(19)6/h12,14-15,17,19H,8-11,13H2,1-7H3,(H,22,26)/b16-12+. The molecule has 1 saturated heterocycles. The molecule has 0 saturated carbocycles. The summed E-state index contributed by atoms with van der Waals surface area (Å²) in [7, 11) is 3.65. The van der Waals surface area contributed by atoms with E-state index in [-0.39, 0.29) is 48.2 Å². The summed E-state index contributed by atoms with van der Waals surface area (Å²) in [5.41, 5.74) is 0.474. The van der Waals surface area contributed by atoms with Crippen molar-refractivity contribution in [1.82, 2.24) is 15.1 Å². The molecule has 0 radical (unpaired) electrons. The van der Waals surface area contributed by atoms with Crippen LogP contribution in [-0.2, 0) is 19.1 Å². The van der Waals surface area contributed by atoms with E-state index >= 15 is 0 Å². The molecular weight excluding hydrogens is 358 g/mol. The highest BCUT2D eigenvalue weighted by Crippen LogP contribution is 2.22. The maximum Gasteiger partial charge on any atom is 0.333 e. The van der Waals surface area contributed by atoms with Crippen molar-refractivity contribution in [3.63, 3.8) is 0 Å². The van der Waals surface area contributed by atoms with Crippen LogP contribution in [0.4, 0.5) is 0 Å². The summed E-state index contributed by atoms with van der Waals surface area (Å²) in [6.45, 7) is 10.6. The van der Waals surface area contributed by atoms with Crippen molar-refractivity contribution in [3.8, 4) is 0 Å². The van der Waals surface area contributed by atoms with Crippen LogP contribution in [-0.4, -0.2) is 73.5 Å². The van der Waals surface area contributed by atoms with E-state index in [0.29, 0.717) is 12.2 Å². The van der Waals surface area contributed by atoms with Gasteiger partial charge in [0.25, 0.3) is 0 Å². The van der Waals surface area contributed by atoms with Crippen LogP contribution in [0.5, 0.6) is 0 Å². The van der Waals surface area contributed by atoms with Gasteiger partial charge in [0.2, 0.25) is 11.8 Å². The molecule has 0 aromatic rings. The minimum Gasteiger partial charge on any atom is -0.463 e. The molecule has 1 rings (SSSR count). The summed E-state index contributed by atoms with van der Waals surface area (Å²) in [6, 6.07) is -0.455. The minimum absolute atomic E-state index is 0.0537. The second-order valence-corrected chi connectivity index (χ2v) is 8.07. The van der Waals surface area contributed by atoms with E-state index in [1.165, 1.54) is 0 Å². The summed E-state index contributed by atoms with van der Waals surface area (Å²) in [5.74, 6) is -0.290. The van der Waals surface area contributed by atoms with Crippen molar-refractivity contribution in [2.45, 2.75) is 59.5 Å². The van der Waals surface area contributed by atoms with Gasteiger partial charge in [-0.15, -0.1) is 0 Å². The number of rotatable bonds is 8. The van der Waals surface area contributed by atoms with E-state index < -0.39 is 0 Å². The van der Waals surface area contributed by atoms with Gasteiger partial charge in [-0.1, -0.05) is 26.8 Å². The molecule has 1 N–H and O–H groups in total. The Morgan fingerprint density at radius 1 is 1.32 bits per heavy atom. The second-order valence-electron chi connectivity index (χ2n) is 8.07. The normalized spacial score (nSPS) is 21.9. The first-order valence-corrected chi connectivity index (χ1v) is 10.2. The number of nitrogens with one attached hydrogen (secondary N) is 1. The van der Waals surface area contributed by atoms with Crippen molar-refractivity contribution in [2.75, 3.05) is 33.8 Å². The number of amides is 2. The number of nitrogens with zero attached hydrogens (tertiary/aromatic N) is 2. The fraction of sp³-hybridized carbons (Fsp3) is 0.762. The number of carbonyl (C=O) groups is 3. The number of ether oxygens (including phenoxy) is 1. The van der Waals surface area contributed by atoms with E-state index in [1.54, 1.807) is 31.9 Å². The summed E-state index contributed by atoms with van der Waals surface area (Å²) in [4.78, 5) is 40.8. The Labute approximate surface area is 169 Å². The van der Waals surface area contributed by atoms with Crippen LogP contribution in [0.2, 0.25) is 0 Å². The number of hydrogen-bond acceptors (Lipinski definition) is 5. The number of carbonyl (C=O) groups excluding carboxylic acids is 3. The average molecular weight is 396 g/mol. The van der Waals surface area contributed by atoms with Crippen LogP contribution in [0.25, 0.3) is 0 Å². The summed E-state index contributed by atoms with van der Waals surface area (Å²) in [5, 5.41) is 2.80. The Morgan fingerprint density at radius 2 is 1.96 bits per heavy atom. The molecule has 1 aliphatic heterocycles. The molecule has 3 unspecified atom stereocenters. The zero-order valence-corrected chi connectivity index (χ0v) is 18.4. The maximum absolute atomic E-state index is 12.7. The second kappa shape index (κ2) is 11.2. The van der Waals surface area contributed by atoms with E-state index in [9.17, 15) is 14.4 Å². The van der Waals surface area contributed by atoms with E-state index in [0.717, 1.165) is 19.4 Å². The molecule has 1 fully saturated rings. The van der Waals surface area contributed by atoms with E-state index in [1.807, 2.05) is 20.9 Å². The van der Waals surface area contributed by atoms with Gasteiger partial charge < -0.3 is 15.0 Å². The Hall–Kier alpha value is -1.89. The predicted molar refractivity (Wildman–Crippen MR) is 110 cm³/mol. The smallest absolute Gasteiger partial charge is 0.333 e. The van der Waals surface area contributed by atoms with Crippen LogP contribution < -0.4 is 5.32 Å². The van der Waals surface area contributed by atoms with Crippen LogP contribution in [0, 0.1) is 11.8 Å². The lowest BCUT2D eigenvalue weighted by Crippen LogP contribution is -2.53. The fourth-order valence-corrected chi connectivity index (χ4v) is 3.73. The molecule has 0 aromatic heterocycles. The van der Waals surface area contributed by atoms with Gasteiger partial charge in [0.15, 0.2) is 0 Å². The molecule has 3 atom stereocenters. The number of piperidine rings is 1. The highest BCUT2D eigenvalue weighted by atomic mass is 16.5. The van der Waals surface area contributed by atoms with Gasteiger partial charge in [0.1, 0.15) is 0 Å². The lowest BCUT2D eigenvalue weighted by Gasteiger charge is -2.36. The number of hydrogen-bond donors (Lipinski definition) is 1. The summed E-state index contributed by atoms with van der Waals surface area (Å²) < 4.78 is 5.02. The maximum atomic E-state index is 12.7. The van der Waals surface area contributed by atoms with Crippen molar-refractivity contribution in [2.24, 2.45) is 11.8 Å². The molecule has 7 nitrogen and oxygen atoms in total. The third-order valence-electron chi connectivity index (χ3n) is 5.41. The van der Waals surface area contributed by atoms with Crippen LogP contribution in [0.3, 0.4) is 0 Å². The topological polar surface area (TPSA) is 79.0 Å². The summed E-state index contributed by atoms with van der Waals surface area (Å²) >= 11 is 0. The van der Waals surface area contributed by atoms with Gasteiger partial charge in [-0.2, -0.15) is 0 Å². The van der Waals surface area contributed by atoms with Crippen LogP contribution >= 0.6 is 0 Å². The number of likely N-dealkylation sites (tertiary alicyclic amines) is 1. The van der Waals surface area contributed by atoms with Gasteiger partial charge in [-0.3, -0.25) is 14.5 Å². The van der Waals surface area contributed by atoms with Crippen LogP contribution in [0.1, 0.15) is 47.5 Å². The van der Waals surface area contributed by atoms with Crippen molar-refractivity contribution >= 4 is 17.8 Å². The highest BCUT2D eigenvalue weighted by molar-refractivity contribution is 5.89. The SMILES string of the molecule is CCOC(=O)/C(C)=C/C(C(C)C)N(C)C(=O)CNC(=O)C1C(C)CCCN1C. The first-order valence-electron chi connectivity index (χ1n) is 10.2. The molecule has 0 bridgehead atoms. The van der Waals surface area contributed by atoms with E-state index in [4.69, 9.17) is 4.74 Å². The van der Waals surface area contributed by atoms with E-state index in [2.05, 4.69) is 17.1 Å². The lowest BCUT2D eigenvalue weighted by atomic mass is 9.90. The zero-order chi connectivity index (χ0) is 21.4. The minimum atomic E-state index is -0.378. The Balaban J connectivity index is 2.73. The third-order valence-corrected chi connectivity index (χ3v) is 5.41. The molecule has 2 amide bonds. The Bertz CT molecular complexity index is 578. The third kappa shape index (κ3) is 6.62. The van der Waals surface area contributed by atoms with Gasteiger partial charge >= 0.3 is 5.97 Å². The lowest BCUT2D eigenvalue weighted by molar-refractivity contribution is -0.138. The van der Waals surface area contributed by atoms with Crippen molar-refractivity contribution in [1.29, 1.82) is 0 Å². The fourth-order valence-electron chi connectivity index (χ4n) is 3.73. The molecule has 1 heterocycles. The van der Waals surface area contributed by atoms with Crippen molar-refractivity contribution < 1.29 is 19.1 Å². The monoisotopic (exact) mass is 395 g/mol. The molecule has 7 heteroatoms. The molecule has 28 heavy (non-hydrogen) atoms. The van der Waals surface area contributed by atoms with Gasteiger partial charge in [-0.05, 0) is 52.1 Å². The molecular formula is C21H37N3O4. The van der Waals surface area contributed by atoms with Crippen LogP contribution in [0.15, 0.2) is 11.6 Å². The number of esters is 1. The van der Waals surface area contributed by atoms with Gasteiger partial charge in [0, 0.05) is 12.6 Å². The Kier molecular flexibility index (Phi) is 9.65. The first-order chi connectivity index (χ1) is 13.1. The molecule has 160 valence electrons. The molecule has 0 aliphatic carbocycles. The Morgan fingerprint density at radius 3 is 2.50 bits per heavy atom. The predicted octanol–water partition coefficient (Wildman–Crippen LogP) is 1.83. The first kappa shape index (κ1) is 24.1. The number of likely N-dealkylation sites (N-methyl/N-ethyl adjacent to an activating group) is 2. The highest BCUT2D eigenvalue weighted by Gasteiger charge is 2.32. The quantitative estimate of drug-likeness (QED) is 0.501. The molecule has 0 spiro atoms. The van der Waals surface area contributed by atoms with Gasteiger partial charge in [-0.25, -0.2) is 4.79 Å². The largest absolute Gasteiger partial charge is 0.463 e. The van der Waals surface area contributed by atoms with Gasteiger partial charge in [0.05, 0.1) is 25.2 Å². The zero-order valence-electron chi connectivity index (χ0n) is 18.4. The average Bonchev–Trinajstić information content (AvgIpc) is 2.63.